The largest absolute Gasteiger partial charge is 0.465 e. The molecule has 2 N–H and O–H groups in total. The van der Waals surface area contributed by atoms with Gasteiger partial charge in [0.25, 0.3) is 5.56 Å². The van der Waals surface area contributed by atoms with Crippen molar-refractivity contribution in [2.45, 2.75) is 24.1 Å². The summed E-state index contributed by atoms with van der Waals surface area (Å²) in [6.07, 6.45) is 0. The second-order valence-electron chi connectivity index (χ2n) is 2.82. The number of thioether (sulfide) groups is 1. The van der Waals surface area contributed by atoms with Crippen LogP contribution in [0, 0.1) is 0 Å². The van der Waals surface area contributed by atoms with Crippen LogP contribution in [0.1, 0.15) is 13.8 Å². The molecule has 0 saturated carbocycles. The molecule has 1 rings (SSSR count). The molecule has 0 aliphatic rings. The number of esters is 1. The minimum Gasteiger partial charge on any atom is -0.465 e. The Labute approximate surface area is 94.6 Å². The second-order valence-corrected chi connectivity index (χ2v) is 4.15. The maximum absolute atomic E-state index is 11.3. The first-order valence-electron chi connectivity index (χ1n) is 4.57. The summed E-state index contributed by atoms with van der Waals surface area (Å²) in [6, 6.07) is 0. The lowest BCUT2D eigenvalue weighted by atomic mass is 10.5. The Kier molecular flexibility index (Phi) is 4.29. The van der Waals surface area contributed by atoms with Crippen molar-refractivity contribution in [3.8, 4) is 0 Å². The standard InChI is InChI=1S/C8H11N3O4S/c1-3-15-7(13)4(2)16-6-5(12)9-8(14)11-10-6/h4H,3H2,1-2H3,(H2,9,11,12,14)/t4-/m1/s1. The molecule has 1 aromatic heterocycles. The molecule has 0 aromatic carbocycles. The monoisotopic (exact) mass is 245 g/mol. The Morgan fingerprint density at radius 2 is 2.25 bits per heavy atom. The van der Waals surface area contributed by atoms with E-state index in [1.165, 1.54) is 0 Å². The minimum atomic E-state index is -0.682. The molecule has 88 valence electrons. The highest BCUT2D eigenvalue weighted by Crippen LogP contribution is 2.17. The van der Waals surface area contributed by atoms with Gasteiger partial charge in [-0.2, -0.15) is 5.10 Å². The van der Waals surface area contributed by atoms with Gasteiger partial charge in [-0.25, -0.2) is 9.89 Å². The highest BCUT2D eigenvalue weighted by Gasteiger charge is 2.18. The van der Waals surface area contributed by atoms with E-state index in [-0.39, 0.29) is 11.6 Å². The van der Waals surface area contributed by atoms with E-state index in [1.807, 2.05) is 4.98 Å². The summed E-state index contributed by atoms with van der Waals surface area (Å²) in [5, 5.41) is 5.09. The Morgan fingerprint density at radius 1 is 1.56 bits per heavy atom. The summed E-state index contributed by atoms with van der Waals surface area (Å²) >= 11 is 0.927. The molecular formula is C8H11N3O4S. The summed E-state index contributed by atoms with van der Waals surface area (Å²) in [5.41, 5.74) is -1.30. The number of aromatic amines is 2. The quantitative estimate of drug-likeness (QED) is 0.547. The van der Waals surface area contributed by atoms with E-state index in [0.717, 1.165) is 11.8 Å². The Balaban J connectivity index is 2.77. The molecule has 7 nitrogen and oxygen atoms in total. The van der Waals surface area contributed by atoms with Crippen LogP contribution in [0.3, 0.4) is 0 Å². The van der Waals surface area contributed by atoms with Crippen LogP contribution in [0.5, 0.6) is 0 Å². The number of rotatable bonds is 4. The molecular weight excluding hydrogens is 234 g/mol. The van der Waals surface area contributed by atoms with Gasteiger partial charge in [-0.1, -0.05) is 11.8 Å². The molecule has 1 heterocycles. The topological polar surface area (TPSA) is 105 Å². The Bertz CT molecular complexity index is 481. The van der Waals surface area contributed by atoms with Gasteiger partial charge in [0.2, 0.25) is 0 Å². The summed E-state index contributed by atoms with van der Waals surface area (Å²) in [7, 11) is 0. The van der Waals surface area contributed by atoms with E-state index in [2.05, 4.69) is 10.2 Å². The fourth-order valence-corrected chi connectivity index (χ4v) is 1.65. The average molecular weight is 245 g/mol. The van der Waals surface area contributed by atoms with Gasteiger partial charge in [-0.15, -0.1) is 0 Å². The summed E-state index contributed by atoms with van der Waals surface area (Å²) in [4.78, 5) is 35.2. The molecule has 16 heavy (non-hydrogen) atoms. The number of hydrogen-bond acceptors (Lipinski definition) is 6. The summed E-state index contributed by atoms with van der Waals surface area (Å²) < 4.78 is 4.77. The van der Waals surface area contributed by atoms with Crippen LogP contribution in [0.25, 0.3) is 0 Å². The van der Waals surface area contributed by atoms with E-state index in [0.29, 0.717) is 0 Å². The normalized spacial score (nSPS) is 12.1. The fourth-order valence-electron chi connectivity index (χ4n) is 0.892. The molecule has 0 radical (unpaired) electrons. The van der Waals surface area contributed by atoms with E-state index in [9.17, 15) is 14.4 Å². The van der Waals surface area contributed by atoms with Gasteiger partial charge in [0, 0.05) is 0 Å². The van der Waals surface area contributed by atoms with Crippen molar-refractivity contribution in [3.63, 3.8) is 0 Å². The molecule has 0 saturated heterocycles. The van der Waals surface area contributed by atoms with Gasteiger partial charge in [-0.3, -0.25) is 14.6 Å². The van der Waals surface area contributed by atoms with Crippen LogP contribution in [-0.4, -0.2) is 33.0 Å². The van der Waals surface area contributed by atoms with Crippen LogP contribution < -0.4 is 11.2 Å². The Morgan fingerprint density at radius 3 is 2.81 bits per heavy atom. The molecule has 0 amide bonds. The van der Waals surface area contributed by atoms with Gasteiger partial charge >= 0.3 is 11.7 Å². The predicted octanol–water partition coefficient (Wildman–Crippen LogP) is -0.498. The number of nitrogens with one attached hydrogen (secondary N) is 2. The number of carbonyl (C=O) groups is 1. The maximum Gasteiger partial charge on any atom is 0.342 e. The van der Waals surface area contributed by atoms with Crippen molar-refractivity contribution in [2.24, 2.45) is 0 Å². The molecule has 0 aliphatic heterocycles. The third kappa shape index (κ3) is 3.23. The number of nitrogens with zero attached hydrogens (tertiary/aromatic N) is 1. The van der Waals surface area contributed by atoms with Crippen molar-refractivity contribution in [3.05, 3.63) is 20.8 Å². The third-order valence-electron chi connectivity index (χ3n) is 1.59. The minimum absolute atomic E-state index is 0.0279. The van der Waals surface area contributed by atoms with Crippen molar-refractivity contribution < 1.29 is 9.53 Å². The predicted molar refractivity (Wildman–Crippen MR) is 57.4 cm³/mol. The number of carbonyl (C=O) groups excluding carboxylic acids is 1. The molecule has 0 bridgehead atoms. The highest BCUT2D eigenvalue weighted by atomic mass is 32.2. The van der Waals surface area contributed by atoms with E-state index in [1.54, 1.807) is 13.8 Å². The third-order valence-corrected chi connectivity index (χ3v) is 2.63. The summed E-state index contributed by atoms with van der Waals surface area (Å²) in [6.45, 7) is 3.56. The first-order valence-corrected chi connectivity index (χ1v) is 5.44. The number of aromatic nitrogens is 3. The first kappa shape index (κ1) is 12.5. The van der Waals surface area contributed by atoms with Gasteiger partial charge in [0.1, 0.15) is 5.25 Å². The highest BCUT2D eigenvalue weighted by molar-refractivity contribution is 8.00. The van der Waals surface area contributed by atoms with Crippen LogP contribution >= 0.6 is 11.8 Å². The second kappa shape index (κ2) is 5.50. The first-order chi connectivity index (χ1) is 7.54. The van der Waals surface area contributed by atoms with Crippen molar-refractivity contribution in [1.29, 1.82) is 0 Å². The van der Waals surface area contributed by atoms with Gasteiger partial charge in [-0.05, 0) is 13.8 Å². The lowest BCUT2D eigenvalue weighted by Gasteiger charge is -2.07. The molecule has 0 aliphatic carbocycles. The molecule has 8 heteroatoms. The lowest BCUT2D eigenvalue weighted by molar-refractivity contribution is -0.142. The van der Waals surface area contributed by atoms with Crippen LogP contribution in [-0.2, 0) is 9.53 Å². The van der Waals surface area contributed by atoms with E-state index in [4.69, 9.17) is 4.74 Å². The summed E-state index contributed by atoms with van der Waals surface area (Å²) in [5.74, 6) is -0.431. The number of ether oxygens (including phenoxy) is 1. The van der Waals surface area contributed by atoms with Crippen molar-refractivity contribution >= 4 is 17.7 Å². The number of hydrogen-bond donors (Lipinski definition) is 2. The van der Waals surface area contributed by atoms with Crippen LogP contribution in [0.4, 0.5) is 0 Å². The van der Waals surface area contributed by atoms with Crippen LogP contribution in [0.15, 0.2) is 14.6 Å². The Hall–Kier alpha value is -1.57. The smallest absolute Gasteiger partial charge is 0.342 e. The van der Waals surface area contributed by atoms with Crippen LogP contribution in [0.2, 0.25) is 0 Å². The molecule has 1 atom stereocenters. The van der Waals surface area contributed by atoms with E-state index < -0.39 is 22.5 Å². The molecule has 0 unspecified atom stereocenters. The van der Waals surface area contributed by atoms with Crippen molar-refractivity contribution in [2.75, 3.05) is 6.61 Å². The zero-order chi connectivity index (χ0) is 12.1. The molecule has 0 spiro atoms. The van der Waals surface area contributed by atoms with Gasteiger partial charge in [0.05, 0.1) is 6.61 Å². The SMILES string of the molecule is CCOC(=O)[C@@H](C)Sc1n[nH]c(=O)[nH]c1=O. The van der Waals surface area contributed by atoms with Gasteiger partial charge in [0.15, 0.2) is 5.03 Å². The van der Waals surface area contributed by atoms with Gasteiger partial charge < -0.3 is 4.74 Å². The molecule has 0 fully saturated rings. The number of H-pyrrole nitrogens is 2. The maximum atomic E-state index is 11.3. The fraction of sp³-hybridized carbons (Fsp3) is 0.500. The lowest BCUT2D eigenvalue weighted by Crippen LogP contribution is -2.27. The zero-order valence-electron chi connectivity index (χ0n) is 8.77. The zero-order valence-corrected chi connectivity index (χ0v) is 9.59. The van der Waals surface area contributed by atoms with Crippen molar-refractivity contribution in [1.82, 2.24) is 15.2 Å². The average Bonchev–Trinajstić information content (AvgIpc) is 2.22. The molecule has 1 aromatic rings. The van der Waals surface area contributed by atoms with E-state index >= 15 is 0 Å².